The second-order valence-electron chi connectivity index (χ2n) is 7.63. The molecule has 0 saturated carbocycles. The molecule has 2 aliphatic heterocycles. The van der Waals surface area contributed by atoms with Gasteiger partial charge in [-0.25, -0.2) is 0 Å². The van der Waals surface area contributed by atoms with Gasteiger partial charge in [0.15, 0.2) is 0 Å². The molecule has 0 spiro atoms. The molecule has 1 amide bonds. The van der Waals surface area contributed by atoms with Crippen molar-refractivity contribution in [1.29, 1.82) is 0 Å². The van der Waals surface area contributed by atoms with Gasteiger partial charge in [0.25, 0.3) is 5.91 Å². The van der Waals surface area contributed by atoms with Crippen molar-refractivity contribution in [2.24, 2.45) is 5.92 Å². The van der Waals surface area contributed by atoms with Crippen molar-refractivity contribution >= 4 is 29.1 Å². The normalized spacial score (nSPS) is 21.1. The highest BCUT2D eigenvalue weighted by Gasteiger charge is 2.34. The van der Waals surface area contributed by atoms with E-state index in [1.54, 1.807) is 18.2 Å². The smallest absolute Gasteiger partial charge is 0.255 e. The fourth-order valence-electron chi connectivity index (χ4n) is 4.59. The van der Waals surface area contributed by atoms with Crippen molar-refractivity contribution in [1.82, 2.24) is 9.80 Å². The van der Waals surface area contributed by atoms with Crippen molar-refractivity contribution in [2.45, 2.75) is 25.3 Å². The number of carbonyl (C=O) groups excluding carboxylic acids is 1. The van der Waals surface area contributed by atoms with Crippen LogP contribution in [0, 0.1) is 5.92 Å². The number of fused-ring (bicyclic) bond motifs is 1. The molecule has 0 aliphatic carbocycles. The van der Waals surface area contributed by atoms with Crippen LogP contribution in [0.25, 0.3) is 0 Å². The van der Waals surface area contributed by atoms with Gasteiger partial charge in [0.2, 0.25) is 0 Å². The Labute approximate surface area is 170 Å². The summed E-state index contributed by atoms with van der Waals surface area (Å²) in [5.41, 5.74) is 3.49. The number of hydrogen-bond acceptors (Lipinski definition) is 2. The Morgan fingerprint density at radius 1 is 1.04 bits per heavy atom. The number of piperidine rings is 1. The van der Waals surface area contributed by atoms with E-state index in [0.29, 0.717) is 27.6 Å². The van der Waals surface area contributed by atoms with E-state index in [1.807, 2.05) is 4.90 Å². The quantitative estimate of drug-likeness (QED) is 0.699. The summed E-state index contributed by atoms with van der Waals surface area (Å²) >= 11 is 12.2. The Hall–Kier alpha value is -1.55. The van der Waals surface area contributed by atoms with Gasteiger partial charge in [-0.1, -0.05) is 47.5 Å². The van der Waals surface area contributed by atoms with E-state index in [4.69, 9.17) is 23.2 Å². The lowest BCUT2D eigenvalue weighted by molar-refractivity contribution is 0.0598. The van der Waals surface area contributed by atoms with Crippen molar-refractivity contribution in [3.63, 3.8) is 0 Å². The molecule has 142 valence electrons. The summed E-state index contributed by atoms with van der Waals surface area (Å²) in [6, 6.07) is 14.4. The molecule has 5 heteroatoms. The molecule has 2 aliphatic rings. The third-order valence-electron chi connectivity index (χ3n) is 6.02. The highest BCUT2D eigenvalue weighted by molar-refractivity contribution is 6.36. The Morgan fingerprint density at radius 3 is 2.52 bits per heavy atom. The van der Waals surface area contributed by atoms with Gasteiger partial charge in [-0.3, -0.25) is 9.69 Å². The van der Waals surface area contributed by atoms with Crippen LogP contribution < -0.4 is 0 Å². The van der Waals surface area contributed by atoms with Gasteiger partial charge in [-0.2, -0.15) is 0 Å². The second-order valence-corrected chi connectivity index (χ2v) is 8.47. The Bertz CT molecular complexity index is 846. The first-order valence-electron chi connectivity index (χ1n) is 9.57. The fourth-order valence-corrected chi connectivity index (χ4v) is 5.08. The van der Waals surface area contributed by atoms with Crippen LogP contribution in [0.2, 0.25) is 10.0 Å². The average Bonchev–Trinajstić information content (AvgIpc) is 2.68. The lowest BCUT2D eigenvalue weighted by atomic mass is 9.80. The molecule has 0 bridgehead atoms. The molecule has 4 rings (SSSR count). The topological polar surface area (TPSA) is 23.6 Å². The van der Waals surface area contributed by atoms with Crippen LogP contribution in [0.3, 0.4) is 0 Å². The number of amides is 1. The lowest BCUT2D eigenvalue weighted by Crippen LogP contribution is -2.44. The van der Waals surface area contributed by atoms with Crippen LogP contribution in [-0.4, -0.2) is 42.4 Å². The van der Waals surface area contributed by atoms with Crippen LogP contribution in [-0.2, 0) is 6.42 Å². The molecule has 1 unspecified atom stereocenters. The van der Waals surface area contributed by atoms with Gasteiger partial charge < -0.3 is 4.90 Å². The zero-order valence-electron chi connectivity index (χ0n) is 15.5. The van der Waals surface area contributed by atoms with E-state index in [2.05, 4.69) is 36.2 Å². The molecule has 0 aromatic heterocycles. The SMILES string of the molecule is CN1CCc2ccccc2C1C1CCN(C(=O)c2ccc(Cl)cc2Cl)CC1. The maximum Gasteiger partial charge on any atom is 0.255 e. The molecule has 0 radical (unpaired) electrons. The molecule has 27 heavy (non-hydrogen) atoms. The number of nitrogens with zero attached hydrogens (tertiary/aromatic N) is 2. The van der Waals surface area contributed by atoms with Crippen LogP contribution in [0.5, 0.6) is 0 Å². The predicted octanol–water partition coefficient (Wildman–Crippen LogP) is 5.07. The molecular formula is C22H24Cl2N2O. The third kappa shape index (κ3) is 3.73. The van der Waals surface area contributed by atoms with E-state index < -0.39 is 0 Å². The molecule has 1 saturated heterocycles. The molecule has 3 nitrogen and oxygen atoms in total. The molecular weight excluding hydrogens is 379 g/mol. The summed E-state index contributed by atoms with van der Waals surface area (Å²) in [5.74, 6) is 0.578. The first kappa shape index (κ1) is 18.8. The van der Waals surface area contributed by atoms with Gasteiger partial charge in [0.1, 0.15) is 0 Å². The minimum Gasteiger partial charge on any atom is -0.339 e. The van der Waals surface area contributed by atoms with Crippen LogP contribution >= 0.6 is 23.2 Å². The predicted molar refractivity (Wildman–Crippen MR) is 111 cm³/mol. The van der Waals surface area contributed by atoms with E-state index in [-0.39, 0.29) is 5.91 Å². The fraction of sp³-hybridized carbons (Fsp3) is 0.409. The molecule has 0 N–H and O–H groups in total. The molecule has 1 fully saturated rings. The van der Waals surface area contributed by atoms with Crippen LogP contribution in [0.1, 0.15) is 40.4 Å². The third-order valence-corrected chi connectivity index (χ3v) is 6.57. The zero-order valence-corrected chi connectivity index (χ0v) is 17.0. The standard InChI is InChI=1S/C22H24Cl2N2O/c1-25-11-8-15-4-2-3-5-18(15)21(25)16-9-12-26(13-10-16)22(27)19-7-6-17(23)14-20(19)24/h2-7,14,16,21H,8-13H2,1H3. The second kappa shape index (κ2) is 7.83. The zero-order chi connectivity index (χ0) is 19.0. The minimum absolute atomic E-state index is 0.00696. The van der Waals surface area contributed by atoms with Crippen molar-refractivity contribution < 1.29 is 4.79 Å². The summed E-state index contributed by atoms with van der Waals surface area (Å²) in [5, 5.41) is 0.977. The number of rotatable bonds is 2. The van der Waals surface area contributed by atoms with E-state index in [9.17, 15) is 4.79 Å². The van der Waals surface area contributed by atoms with Crippen LogP contribution in [0.4, 0.5) is 0 Å². The van der Waals surface area contributed by atoms with E-state index in [0.717, 1.165) is 38.9 Å². The minimum atomic E-state index is 0.00696. The van der Waals surface area contributed by atoms with Crippen molar-refractivity contribution in [2.75, 3.05) is 26.7 Å². The first-order valence-corrected chi connectivity index (χ1v) is 10.3. The summed E-state index contributed by atoms with van der Waals surface area (Å²) in [6.45, 7) is 2.64. The maximum atomic E-state index is 12.9. The van der Waals surface area contributed by atoms with Crippen molar-refractivity contribution in [3.05, 3.63) is 69.2 Å². The molecule has 2 heterocycles. The van der Waals surface area contributed by atoms with Gasteiger partial charge in [-0.05, 0) is 61.6 Å². The summed E-state index contributed by atoms with van der Waals surface area (Å²) < 4.78 is 0. The van der Waals surface area contributed by atoms with E-state index in [1.165, 1.54) is 11.1 Å². The Morgan fingerprint density at radius 2 is 1.78 bits per heavy atom. The number of likely N-dealkylation sites (tertiary alicyclic amines) is 1. The van der Waals surface area contributed by atoms with Gasteiger partial charge in [-0.15, -0.1) is 0 Å². The van der Waals surface area contributed by atoms with Gasteiger partial charge in [0.05, 0.1) is 10.6 Å². The number of hydrogen-bond donors (Lipinski definition) is 0. The lowest BCUT2D eigenvalue weighted by Gasteiger charge is -2.43. The Balaban J connectivity index is 1.47. The number of halogens is 2. The van der Waals surface area contributed by atoms with Gasteiger partial charge >= 0.3 is 0 Å². The highest BCUT2D eigenvalue weighted by Crippen LogP contribution is 2.39. The van der Waals surface area contributed by atoms with Crippen LogP contribution in [0.15, 0.2) is 42.5 Å². The number of carbonyl (C=O) groups is 1. The monoisotopic (exact) mass is 402 g/mol. The summed E-state index contributed by atoms with van der Waals surface area (Å²) in [4.78, 5) is 17.3. The van der Waals surface area contributed by atoms with E-state index >= 15 is 0 Å². The summed E-state index contributed by atoms with van der Waals surface area (Å²) in [6.07, 6.45) is 3.15. The van der Waals surface area contributed by atoms with Gasteiger partial charge in [0, 0.05) is 30.7 Å². The molecule has 1 atom stereocenters. The maximum absolute atomic E-state index is 12.9. The average molecular weight is 403 g/mol. The summed E-state index contributed by atoms with van der Waals surface area (Å²) in [7, 11) is 2.23. The molecule has 2 aromatic rings. The first-order chi connectivity index (χ1) is 13.0. The number of likely N-dealkylation sites (N-methyl/N-ethyl adjacent to an activating group) is 1. The van der Waals surface area contributed by atoms with Crippen molar-refractivity contribution in [3.8, 4) is 0 Å². The number of benzene rings is 2. The molecule has 2 aromatic carbocycles. The largest absolute Gasteiger partial charge is 0.339 e. The highest BCUT2D eigenvalue weighted by atomic mass is 35.5. The Kier molecular flexibility index (Phi) is 5.45.